The van der Waals surface area contributed by atoms with Crippen molar-refractivity contribution in [2.24, 2.45) is 5.92 Å². The first kappa shape index (κ1) is 13.6. The van der Waals surface area contributed by atoms with Gasteiger partial charge in [-0.25, -0.2) is 0 Å². The van der Waals surface area contributed by atoms with Gasteiger partial charge in [-0.15, -0.1) is 0 Å². The molecule has 0 amide bonds. The third-order valence-electron chi connectivity index (χ3n) is 4.12. The monoisotopic (exact) mass is 250 g/mol. The van der Waals surface area contributed by atoms with Crippen LogP contribution in [0.15, 0.2) is 16.8 Å². The van der Waals surface area contributed by atoms with Crippen LogP contribution in [0.5, 0.6) is 0 Å². The highest BCUT2D eigenvalue weighted by atomic mass is 16.5. The van der Waals surface area contributed by atoms with Crippen molar-refractivity contribution in [3.63, 3.8) is 0 Å². The van der Waals surface area contributed by atoms with E-state index in [2.05, 4.69) is 17.4 Å². The van der Waals surface area contributed by atoms with Crippen LogP contribution < -0.4 is 5.32 Å². The Kier molecular flexibility index (Phi) is 5.72. The second kappa shape index (κ2) is 7.57. The van der Waals surface area contributed by atoms with Crippen molar-refractivity contribution >= 4 is 0 Å². The topological polar surface area (TPSA) is 38.1 Å². The van der Waals surface area contributed by atoms with E-state index in [1.54, 1.807) is 6.20 Å². The molecule has 0 aromatic carbocycles. The normalized spacial score (nSPS) is 23.6. The molecule has 1 aliphatic rings. The van der Waals surface area contributed by atoms with Crippen LogP contribution >= 0.6 is 0 Å². The zero-order chi connectivity index (χ0) is 12.6. The van der Waals surface area contributed by atoms with Gasteiger partial charge in [-0.3, -0.25) is 0 Å². The largest absolute Gasteiger partial charge is 0.360 e. The Bertz CT molecular complexity index is 310. The lowest BCUT2D eigenvalue weighted by molar-refractivity contribution is 0.329. The van der Waals surface area contributed by atoms with Crippen molar-refractivity contribution in [2.45, 2.75) is 70.9 Å². The molecule has 1 fully saturated rings. The second-order valence-electron chi connectivity index (χ2n) is 5.51. The van der Waals surface area contributed by atoms with Gasteiger partial charge in [-0.1, -0.05) is 44.2 Å². The number of unbranched alkanes of at least 4 members (excludes halogenated alkanes) is 3. The highest BCUT2D eigenvalue weighted by Crippen LogP contribution is 2.30. The summed E-state index contributed by atoms with van der Waals surface area (Å²) in [7, 11) is 0. The van der Waals surface area contributed by atoms with Crippen molar-refractivity contribution in [1.29, 1.82) is 0 Å². The van der Waals surface area contributed by atoms with Crippen molar-refractivity contribution in [3.05, 3.63) is 18.0 Å². The Morgan fingerprint density at radius 1 is 1.33 bits per heavy atom. The fraction of sp³-hybridized carbons (Fsp3) is 0.800. The molecular formula is C15H26N2O. The number of hydrogen-bond donors (Lipinski definition) is 1. The average molecular weight is 250 g/mol. The minimum absolute atomic E-state index is 0.691. The summed E-state index contributed by atoms with van der Waals surface area (Å²) in [6.07, 6.45) is 12.8. The van der Waals surface area contributed by atoms with Crippen LogP contribution in [0.2, 0.25) is 0 Å². The van der Waals surface area contributed by atoms with E-state index in [9.17, 15) is 0 Å². The molecule has 0 spiro atoms. The fourth-order valence-corrected chi connectivity index (χ4v) is 3.05. The smallest absolute Gasteiger partial charge is 0.150 e. The lowest BCUT2D eigenvalue weighted by atomic mass is 9.96. The van der Waals surface area contributed by atoms with E-state index in [1.807, 2.05) is 6.07 Å². The number of aromatic nitrogens is 1. The predicted molar refractivity (Wildman–Crippen MR) is 73.2 cm³/mol. The van der Waals surface area contributed by atoms with Crippen molar-refractivity contribution in [3.8, 4) is 0 Å². The maximum Gasteiger partial charge on any atom is 0.150 e. The van der Waals surface area contributed by atoms with Gasteiger partial charge < -0.3 is 9.84 Å². The summed E-state index contributed by atoms with van der Waals surface area (Å²) in [5.74, 6) is 1.83. The molecule has 1 aliphatic carbocycles. The van der Waals surface area contributed by atoms with Gasteiger partial charge in [0, 0.05) is 12.1 Å². The Morgan fingerprint density at radius 3 is 3.06 bits per heavy atom. The van der Waals surface area contributed by atoms with Crippen LogP contribution in [0.3, 0.4) is 0 Å². The third kappa shape index (κ3) is 4.13. The van der Waals surface area contributed by atoms with Gasteiger partial charge in [-0.2, -0.15) is 0 Å². The molecule has 0 saturated heterocycles. The van der Waals surface area contributed by atoms with Gasteiger partial charge in [0.15, 0.2) is 0 Å². The minimum atomic E-state index is 0.691. The SMILES string of the molecule is CCCCCC[C@H]1CCC[C@@H]1NCc1ccno1. The third-order valence-corrected chi connectivity index (χ3v) is 4.12. The molecule has 3 heteroatoms. The standard InChI is InChI=1S/C15H26N2O/c1-2-3-4-5-7-13-8-6-9-15(13)16-12-14-10-11-17-18-14/h10-11,13,15-16H,2-9,12H2,1H3/t13-,15-/m0/s1. The molecule has 1 aromatic rings. The number of hydrogen-bond acceptors (Lipinski definition) is 3. The van der Waals surface area contributed by atoms with Gasteiger partial charge in [-0.05, 0) is 25.2 Å². The van der Waals surface area contributed by atoms with E-state index in [4.69, 9.17) is 4.52 Å². The van der Waals surface area contributed by atoms with Gasteiger partial charge in [0.05, 0.1) is 12.7 Å². The highest BCUT2D eigenvalue weighted by Gasteiger charge is 2.26. The predicted octanol–water partition coefficient (Wildman–Crippen LogP) is 3.90. The first-order valence-electron chi connectivity index (χ1n) is 7.53. The van der Waals surface area contributed by atoms with Crippen LogP contribution in [0.1, 0.15) is 64.1 Å². The average Bonchev–Trinajstić information content (AvgIpc) is 3.03. The highest BCUT2D eigenvalue weighted by molar-refractivity contribution is 4.94. The molecule has 3 nitrogen and oxygen atoms in total. The molecule has 0 radical (unpaired) electrons. The lowest BCUT2D eigenvalue weighted by Gasteiger charge is -2.20. The van der Waals surface area contributed by atoms with Gasteiger partial charge in [0.2, 0.25) is 0 Å². The summed E-state index contributed by atoms with van der Waals surface area (Å²) in [5.41, 5.74) is 0. The maximum atomic E-state index is 5.13. The van der Waals surface area contributed by atoms with E-state index in [0.29, 0.717) is 6.04 Å². The number of rotatable bonds is 8. The lowest BCUT2D eigenvalue weighted by Crippen LogP contribution is -2.31. The van der Waals surface area contributed by atoms with E-state index < -0.39 is 0 Å². The van der Waals surface area contributed by atoms with Crippen LogP contribution in [0.25, 0.3) is 0 Å². The Labute approximate surface area is 110 Å². The Morgan fingerprint density at radius 2 is 2.28 bits per heavy atom. The van der Waals surface area contributed by atoms with Crippen LogP contribution in [-0.2, 0) is 6.54 Å². The van der Waals surface area contributed by atoms with Gasteiger partial charge in [0.1, 0.15) is 5.76 Å². The van der Waals surface area contributed by atoms with Crippen LogP contribution in [-0.4, -0.2) is 11.2 Å². The van der Waals surface area contributed by atoms with E-state index in [0.717, 1.165) is 18.2 Å². The van der Waals surface area contributed by atoms with E-state index in [-0.39, 0.29) is 0 Å². The Balaban J connectivity index is 1.67. The quantitative estimate of drug-likeness (QED) is 0.711. The Hall–Kier alpha value is -0.830. The summed E-state index contributed by atoms with van der Waals surface area (Å²) >= 11 is 0. The van der Waals surface area contributed by atoms with Gasteiger partial charge in [0.25, 0.3) is 0 Å². The van der Waals surface area contributed by atoms with E-state index >= 15 is 0 Å². The first-order valence-corrected chi connectivity index (χ1v) is 7.53. The summed E-state index contributed by atoms with van der Waals surface area (Å²) < 4.78 is 5.13. The summed E-state index contributed by atoms with van der Waals surface area (Å²) in [6, 6.07) is 2.63. The molecule has 1 heterocycles. The van der Waals surface area contributed by atoms with Crippen molar-refractivity contribution in [2.75, 3.05) is 0 Å². The molecule has 2 rings (SSSR count). The number of nitrogens with zero attached hydrogens (tertiary/aromatic N) is 1. The summed E-state index contributed by atoms with van der Waals surface area (Å²) in [6.45, 7) is 3.10. The first-order chi connectivity index (χ1) is 8.90. The van der Waals surface area contributed by atoms with Crippen LogP contribution in [0.4, 0.5) is 0 Å². The molecule has 102 valence electrons. The molecule has 1 aromatic heterocycles. The van der Waals surface area contributed by atoms with E-state index in [1.165, 1.54) is 51.4 Å². The molecule has 1 N–H and O–H groups in total. The molecule has 0 aliphatic heterocycles. The van der Waals surface area contributed by atoms with Gasteiger partial charge >= 0.3 is 0 Å². The summed E-state index contributed by atoms with van der Waals surface area (Å²) in [4.78, 5) is 0. The van der Waals surface area contributed by atoms with Crippen LogP contribution in [0, 0.1) is 5.92 Å². The maximum absolute atomic E-state index is 5.13. The number of nitrogens with one attached hydrogen (secondary N) is 1. The fourth-order valence-electron chi connectivity index (χ4n) is 3.05. The summed E-state index contributed by atoms with van der Waals surface area (Å²) in [5, 5.41) is 7.38. The molecule has 18 heavy (non-hydrogen) atoms. The second-order valence-corrected chi connectivity index (χ2v) is 5.51. The molecule has 0 unspecified atom stereocenters. The minimum Gasteiger partial charge on any atom is -0.360 e. The molecule has 0 bridgehead atoms. The molecular weight excluding hydrogens is 224 g/mol. The van der Waals surface area contributed by atoms with Crippen molar-refractivity contribution in [1.82, 2.24) is 10.5 Å². The molecule has 1 saturated carbocycles. The zero-order valence-corrected chi connectivity index (χ0v) is 11.5. The molecule has 2 atom stereocenters. The van der Waals surface area contributed by atoms with Crippen molar-refractivity contribution < 1.29 is 4.52 Å². The zero-order valence-electron chi connectivity index (χ0n) is 11.5.